The van der Waals surface area contributed by atoms with Gasteiger partial charge in [0, 0.05) is 18.3 Å². The molecule has 1 N–H and O–H groups in total. The minimum atomic E-state index is -3.73. The smallest absolute Gasteiger partial charge is 0.243 e. The van der Waals surface area contributed by atoms with Crippen LogP contribution < -0.4 is 10.1 Å². The van der Waals surface area contributed by atoms with Gasteiger partial charge in [-0.2, -0.15) is 4.31 Å². The molecule has 0 aliphatic heterocycles. The number of carbonyl (C=O) groups excluding carboxylic acids is 1. The molecule has 2 aromatic rings. The number of rotatable bonds is 7. The molecule has 0 unspecified atom stereocenters. The minimum Gasteiger partial charge on any atom is -0.497 e. The van der Waals surface area contributed by atoms with Gasteiger partial charge in [-0.1, -0.05) is 19.1 Å². The van der Waals surface area contributed by atoms with E-state index in [2.05, 4.69) is 5.32 Å². The maximum absolute atomic E-state index is 13.0. The van der Waals surface area contributed by atoms with Crippen molar-refractivity contribution in [2.24, 2.45) is 0 Å². The van der Waals surface area contributed by atoms with Crippen LogP contribution in [0.2, 0.25) is 0 Å². The van der Waals surface area contributed by atoms with Gasteiger partial charge >= 0.3 is 0 Å². The topological polar surface area (TPSA) is 75.7 Å². The van der Waals surface area contributed by atoms with E-state index in [1.54, 1.807) is 50.4 Å². The van der Waals surface area contributed by atoms with Gasteiger partial charge in [-0.15, -0.1) is 0 Å². The fraction of sp³-hybridized carbons (Fsp3) is 0.350. The number of hydrogen-bond donors (Lipinski definition) is 1. The number of aryl methyl sites for hydroxylation is 2. The van der Waals surface area contributed by atoms with E-state index in [1.807, 2.05) is 6.07 Å². The third kappa shape index (κ3) is 4.31. The van der Waals surface area contributed by atoms with E-state index in [0.717, 1.165) is 24.8 Å². The normalized spacial score (nSPS) is 13.4. The minimum absolute atomic E-state index is 0.213. The molecule has 0 aromatic heterocycles. The molecule has 144 valence electrons. The number of sulfonamides is 1. The molecule has 0 atom stereocenters. The second-order valence-electron chi connectivity index (χ2n) is 6.50. The van der Waals surface area contributed by atoms with Crippen molar-refractivity contribution in [2.75, 3.05) is 25.5 Å². The zero-order valence-corrected chi connectivity index (χ0v) is 16.4. The number of nitrogens with one attached hydrogen (secondary N) is 1. The highest BCUT2D eigenvalue weighted by molar-refractivity contribution is 7.89. The van der Waals surface area contributed by atoms with Gasteiger partial charge in [0.1, 0.15) is 5.75 Å². The fourth-order valence-corrected chi connectivity index (χ4v) is 4.74. The number of likely N-dealkylation sites (N-methyl/N-ethyl adjacent to an activating group) is 1. The lowest BCUT2D eigenvalue weighted by molar-refractivity contribution is -0.116. The highest BCUT2D eigenvalue weighted by atomic mass is 32.2. The largest absolute Gasteiger partial charge is 0.497 e. The Morgan fingerprint density at radius 2 is 1.93 bits per heavy atom. The number of benzene rings is 2. The molecule has 1 aliphatic carbocycles. The second kappa shape index (κ2) is 8.10. The van der Waals surface area contributed by atoms with Gasteiger partial charge in [-0.3, -0.25) is 4.79 Å². The number of anilines is 1. The van der Waals surface area contributed by atoms with Crippen LogP contribution in [0.15, 0.2) is 47.4 Å². The van der Waals surface area contributed by atoms with Crippen LogP contribution in [0.25, 0.3) is 0 Å². The van der Waals surface area contributed by atoms with Crippen LogP contribution in [0.3, 0.4) is 0 Å². The van der Waals surface area contributed by atoms with Crippen LogP contribution in [-0.2, 0) is 27.7 Å². The second-order valence-corrected chi connectivity index (χ2v) is 8.43. The quantitative estimate of drug-likeness (QED) is 0.791. The van der Waals surface area contributed by atoms with E-state index in [0.29, 0.717) is 11.4 Å². The predicted octanol–water partition coefficient (Wildman–Crippen LogP) is 2.83. The Labute approximate surface area is 160 Å². The number of methoxy groups -OCH3 is 1. The lowest BCUT2D eigenvalue weighted by Gasteiger charge is -2.20. The number of nitrogens with zero attached hydrogens (tertiary/aromatic N) is 1. The maximum Gasteiger partial charge on any atom is 0.243 e. The van der Waals surface area contributed by atoms with Gasteiger partial charge in [0.05, 0.1) is 18.6 Å². The summed E-state index contributed by atoms with van der Waals surface area (Å²) in [5.41, 5.74) is 2.87. The third-order valence-electron chi connectivity index (χ3n) is 4.73. The standard InChI is InChI=1S/C20H24N2O4S/c1-3-22(14-20(23)21-17-8-5-9-18(13-17)26-2)27(24,25)19-11-10-15-6-4-7-16(15)12-19/h5,8-13H,3-4,6-7,14H2,1-2H3,(H,21,23). The average Bonchev–Trinajstić information content (AvgIpc) is 3.14. The third-order valence-corrected chi connectivity index (χ3v) is 6.65. The summed E-state index contributed by atoms with van der Waals surface area (Å²) >= 11 is 0. The van der Waals surface area contributed by atoms with Crippen molar-refractivity contribution in [3.63, 3.8) is 0 Å². The summed E-state index contributed by atoms with van der Waals surface area (Å²) in [6, 6.07) is 12.2. The van der Waals surface area contributed by atoms with Crippen LogP contribution in [0.4, 0.5) is 5.69 Å². The molecule has 27 heavy (non-hydrogen) atoms. The Hall–Kier alpha value is -2.38. The molecule has 0 spiro atoms. The van der Waals surface area contributed by atoms with Crippen LogP contribution in [0.5, 0.6) is 5.75 Å². The Morgan fingerprint density at radius 3 is 2.67 bits per heavy atom. The SMILES string of the molecule is CCN(CC(=O)Nc1cccc(OC)c1)S(=O)(=O)c1ccc2c(c1)CCC2. The fourth-order valence-electron chi connectivity index (χ4n) is 3.29. The molecular formula is C20H24N2O4S. The van der Waals surface area contributed by atoms with Crippen molar-refractivity contribution in [3.8, 4) is 5.75 Å². The van der Waals surface area contributed by atoms with Gasteiger partial charge < -0.3 is 10.1 Å². The molecule has 0 saturated carbocycles. The molecule has 0 heterocycles. The summed E-state index contributed by atoms with van der Waals surface area (Å²) in [4.78, 5) is 12.6. The lowest BCUT2D eigenvalue weighted by atomic mass is 10.1. The molecule has 0 saturated heterocycles. The first-order valence-electron chi connectivity index (χ1n) is 9.00. The van der Waals surface area contributed by atoms with Crippen molar-refractivity contribution in [3.05, 3.63) is 53.6 Å². The number of amides is 1. The summed E-state index contributed by atoms with van der Waals surface area (Å²) in [6.45, 7) is 1.70. The summed E-state index contributed by atoms with van der Waals surface area (Å²) in [7, 11) is -2.18. The maximum atomic E-state index is 13.0. The van der Waals surface area contributed by atoms with Crippen LogP contribution >= 0.6 is 0 Å². The van der Waals surface area contributed by atoms with E-state index < -0.39 is 15.9 Å². The highest BCUT2D eigenvalue weighted by Crippen LogP contribution is 2.26. The molecule has 1 aliphatic rings. The van der Waals surface area contributed by atoms with Crippen molar-refractivity contribution < 1.29 is 17.9 Å². The lowest BCUT2D eigenvalue weighted by Crippen LogP contribution is -2.37. The number of ether oxygens (including phenoxy) is 1. The first-order chi connectivity index (χ1) is 12.9. The van der Waals surface area contributed by atoms with Crippen LogP contribution in [-0.4, -0.2) is 38.8 Å². The molecule has 0 fully saturated rings. The zero-order valence-electron chi connectivity index (χ0n) is 15.6. The van der Waals surface area contributed by atoms with Crippen molar-refractivity contribution >= 4 is 21.6 Å². The van der Waals surface area contributed by atoms with Gasteiger partial charge in [-0.25, -0.2) is 8.42 Å². The number of fused-ring (bicyclic) bond motifs is 1. The summed E-state index contributed by atoms with van der Waals surface area (Å²) < 4.78 is 32.3. The molecule has 1 amide bonds. The monoisotopic (exact) mass is 388 g/mol. The van der Waals surface area contributed by atoms with Crippen LogP contribution in [0, 0.1) is 0 Å². The molecule has 2 aromatic carbocycles. The summed E-state index contributed by atoms with van der Waals surface area (Å²) in [6.07, 6.45) is 2.95. The Balaban J connectivity index is 1.74. The highest BCUT2D eigenvalue weighted by Gasteiger charge is 2.26. The first kappa shape index (κ1) is 19.4. The van der Waals surface area contributed by atoms with E-state index in [-0.39, 0.29) is 18.0 Å². The molecule has 0 radical (unpaired) electrons. The Morgan fingerprint density at radius 1 is 1.15 bits per heavy atom. The Bertz CT molecular complexity index is 941. The Kier molecular flexibility index (Phi) is 5.82. The number of carbonyl (C=O) groups is 1. The van der Waals surface area contributed by atoms with Crippen molar-refractivity contribution in [1.29, 1.82) is 0 Å². The molecule has 0 bridgehead atoms. The van der Waals surface area contributed by atoms with Crippen molar-refractivity contribution in [1.82, 2.24) is 4.31 Å². The van der Waals surface area contributed by atoms with Gasteiger partial charge in [0.15, 0.2) is 0 Å². The molecule has 7 heteroatoms. The first-order valence-corrected chi connectivity index (χ1v) is 10.4. The van der Waals surface area contributed by atoms with E-state index in [4.69, 9.17) is 4.74 Å². The number of hydrogen-bond acceptors (Lipinski definition) is 4. The molecular weight excluding hydrogens is 364 g/mol. The molecule has 3 rings (SSSR count). The van der Waals surface area contributed by atoms with Crippen LogP contribution in [0.1, 0.15) is 24.5 Å². The van der Waals surface area contributed by atoms with Gasteiger partial charge in [-0.05, 0) is 54.7 Å². The summed E-state index contributed by atoms with van der Waals surface area (Å²) in [5.74, 6) is 0.223. The predicted molar refractivity (Wildman–Crippen MR) is 105 cm³/mol. The van der Waals surface area contributed by atoms with Gasteiger partial charge in [0.25, 0.3) is 0 Å². The zero-order chi connectivity index (χ0) is 19.4. The van der Waals surface area contributed by atoms with E-state index in [9.17, 15) is 13.2 Å². The average molecular weight is 388 g/mol. The van der Waals surface area contributed by atoms with E-state index in [1.165, 1.54) is 9.87 Å². The van der Waals surface area contributed by atoms with E-state index >= 15 is 0 Å². The summed E-state index contributed by atoms with van der Waals surface area (Å²) in [5, 5.41) is 2.72. The molecule has 6 nitrogen and oxygen atoms in total. The van der Waals surface area contributed by atoms with Gasteiger partial charge in [0.2, 0.25) is 15.9 Å². The van der Waals surface area contributed by atoms with Crippen molar-refractivity contribution in [2.45, 2.75) is 31.1 Å².